The van der Waals surface area contributed by atoms with Crippen molar-refractivity contribution in [2.45, 2.75) is 18.2 Å². The van der Waals surface area contributed by atoms with Crippen LogP contribution < -0.4 is 10.6 Å². The maximum atomic E-state index is 12.0. The van der Waals surface area contributed by atoms with Crippen LogP contribution in [0.25, 0.3) is 0 Å². The average Bonchev–Trinajstić information content (AvgIpc) is 2.49. The number of nitrogens with zero attached hydrogens (tertiary/aromatic N) is 1. The zero-order chi connectivity index (χ0) is 17.7. The molecule has 1 heterocycles. The highest BCUT2D eigenvalue weighted by molar-refractivity contribution is 9.10. The van der Waals surface area contributed by atoms with Gasteiger partial charge in [-0.25, -0.2) is 13.4 Å². The summed E-state index contributed by atoms with van der Waals surface area (Å²) in [6.07, 6.45) is 2.82. The first kappa shape index (κ1) is 18.4. The number of rotatable bonds is 6. The van der Waals surface area contributed by atoms with Crippen LogP contribution in [0.3, 0.4) is 0 Å². The molecule has 0 radical (unpaired) electrons. The molecule has 0 bridgehead atoms. The summed E-state index contributed by atoms with van der Waals surface area (Å²) >= 11 is 3.37. The predicted octanol–water partition coefficient (Wildman–Crippen LogP) is 3.00. The van der Waals surface area contributed by atoms with Crippen molar-refractivity contribution in [3.63, 3.8) is 0 Å². The van der Waals surface area contributed by atoms with Gasteiger partial charge in [-0.2, -0.15) is 0 Å². The van der Waals surface area contributed by atoms with E-state index in [0.29, 0.717) is 0 Å². The summed E-state index contributed by atoms with van der Waals surface area (Å²) in [5, 5.41) is 5.73. The highest BCUT2D eigenvalue weighted by atomic mass is 79.9. The Morgan fingerprint density at radius 3 is 2.71 bits per heavy atom. The number of halogens is 1. The second kappa shape index (κ2) is 7.76. The lowest BCUT2D eigenvalue weighted by Crippen LogP contribution is -2.18. The minimum atomic E-state index is -3.37. The third-order valence-electron chi connectivity index (χ3n) is 3.28. The zero-order valence-corrected chi connectivity index (χ0v) is 15.7. The maximum absolute atomic E-state index is 12.0. The summed E-state index contributed by atoms with van der Waals surface area (Å²) in [5.41, 5.74) is 1.70. The molecule has 1 amide bonds. The molecule has 0 fully saturated rings. The Bertz CT molecular complexity index is 853. The molecular formula is C16H18BrN3O3S. The number of sulfone groups is 1. The fraction of sp³-hybridized carbons (Fsp3) is 0.250. The van der Waals surface area contributed by atoms with E-state index in [1.165, 1.54) is 12.3 Å². The number of amides is 1. The molecule has 128 valence electrons. The molecule has 1 aromatic heterocycles. The molecule has 2 N–H and O–H groups in total. The highest BCUT2D eigenvalue weighted by Gasteiger charge is 2.14. The standard InChI is InChI=1S/C16H18BrN3O3S/c1-11-10-12(17)5-6-13(11)20-15(21)7-9-19-16-14(24(2,22)23)4-3-8-18-16/h3-6,8,10H,7,9H2,1-2H3,(H,18,19)(H,20,21). The predicted molar refractivity (Wildman–Crippen MR) is 98.0 cm³/mol. The van der Waals surface area contributed by atoms with Gasteiger partial charge >= 0.3 is 0 Å². The highest BCUT2D eigenvalue weighted by Crippen LogP contribution is 2.20. The van der Waals surface area contributed by atoms with Crippen molar-refractivity contribution in [3.8, 4) is 0 Å². The number of anilines is 2. The molecule has 2 rings (SSSR count). The van der Waals surface area contributed by atoms with Gasteiger partial charge in [-0.05, 0) is 42.8 Å². The number of nitrogens with one attached hydrogen (secondary N) is 2. The van der Waals surface area contributed by atoms with E-state index in [1.807, 2.05) is 25.1 Å². The van der Waals surface area contributed by atoms with Gasteiger partial charge in [-0.1, -0.05) is 15.9 Å². The number of benzene rings is 1. The molecule has 2 aromatic rings. The van der Waals surface area contributed by atoms with Crippen molar-refractivity contribution in [1.82, 2.24) is 4.98 Å². The van der Waals surface area contributed by atoms with Gasteiger partial charge in [-0.15, -0.1) is 0 Å². The minimum Gasteiger partial charge on any atom is -0.368 e. The summed E-state index contributed by atoms with van der Waals surface area (Å²) < 4.78 is 24.3. The Kier molecular flexibility index (Phi) is 5.95. The number of carbonyl (C=O) groups excluding carboxylic acids is 1. The van der Waals surface area contributed by atoms with Gasteiger partial charge in [0, 0.05) is 35.6 Å². The maximum Gasteiger partial charge on any atom is 0.226 e. The molecule has 8 heteroatoms. The van der Waals surface area contributed by atoms with E-state index in [4.69, 9.17) is 0 Å². The Morgan fingerprint density at radius 2 is 2.04 bits per heavy atom. The van der Waals surface area contributed by atoms with Crippen LogP contribution in [0.15, 0.2) is 45.9 Å². The van der Waals surface area contributed by atoms with Crippen molar-refractivity contribution in [1.29, 1.82) is 0 Å². The van der Waals surface area contributed by atoms with E-state index in [2.05, 4.69) is 31.5 Å². The number of hydrogen-bond donors (Lipinski definition) is 2. The number of aromatic nitrogens is 1. The van der Waals surface area contributed by atoms with E-state index < -0.39 is 9.84 Å². The van der Waals surface area contributed by atoms with Gasteiger partial charge in [-0.3, -0.25) is 4.79 Å². The van der Waals surface area contributed by atoms with Gasteiger partial charge < -0.3 is 10.6 Å². The molecular weight excluding hydrogens is 394 g/mol. The van der Waals surface area contributed by atoms with Crippen molar-refractivity contribution in [2.24, 2.45) is 0 Å². The lowest BCUT2D eigenvalue weighted by atomic mass is 10.2. The first-order valence-corrected chi connectivity index (χ1v) is 9.91. The van der Waals surface area contributed by atoms with E-state index >= 15 is 0 Å². The van der Waals surface area contributed by atoms with E-state index in [1.54, 1.807) is 6.07 Å². The monoisotopic (exact) mass is 411 g/mol. The van der Waals surface area contributed by atoms with Crippen LogP contribution in [0.2, 0.25) is 0 Å². The zero-order valence-electron chi connectivity index (χ0n) is 13.3. The van der Waals surface area contributed by atoms with E-state index in [9.17, 15) is 13.2 Å². The number of hydrogen-bond acceptors (Lipinski definition) is 5. The molecule has 24 heavy (non-hydrogen) atoms. The van der Waals surface area contributed by atoms with Gasteiger partial charge in [0.05, 0.1) is 0 Å². The molecule has 0 aliphatic rings. The Labute approximate surface area is 149 Å². The molecule has 0 unspecified atom stereocenters. The molecule has 0 saturated heterocycles. The Morgan fingerprint density at radius 1 is 1.29 bits per heavy atom. The van der Waals surface area contributed by atoms with Crippen molar-refractivity contribution in [2.75, 3.05) is 23.4 Å². The van der Waals surface area contributed by atoms with Crippen molar-refractivity contribution in [3.05, 3.63) is 46.6 Å². The summed E-state index contributed by atoms with van der Waals surface area (Å²) in [5.74, 6) is 0.0948. The molecule has 0 atom stereocenters. The van der Waals surface area contributed by atoms with Crippen LogP contribution in [-0.2, 0) is 14.6 Å². The second-order valence-electron chi connectivity index (χ2n) is 5.31. The van der Waals surface area contributed by atoms with Crippen LogP contribution in [-0.4, -0.2) is 32.1 Å². The third kappa shape index (κ3) is 5.04. The summed E-state index contributed by atoms with van der Waals surface area (Å²) in [4.78, 5) is 16.2. The van der Waals surface area contributed by atoms with Gasteiger partial charge in [0.2, 0.25) is 5.91 Å². The SMILES string of the molecule is Cc1cc(Br)ccc1NC(=O)CCNc1ncccc1S(C)(=O)=O. The summed E-state index contributed by atoms with van der Waals surface area (Å²) in [6.45, 7) is 2.19. The fourth-order valence-electron chi connectivity index (χ4n) is 2.10. The van der Waals surface area contributed by atoms with E-state index in [-0.39, 0.29) is 29.6 Å². The minimum absolute atomic E-state index is 0.120. The van der Waals surface area contributed by atoms with Crippen LogP contribution in [0, 0.1) is 6.92 Å². The van der Waals surface area contributed by atoms with Crippen molar-refractivity contribution < 1.29 is 13.2 Å². The number of carbonyl (C=O) groups is 1. The Hall–Kier alpha value is -1.93. The van der Waals surface area contributed by atoms with Crippen LogP contribution >= 0.6 is 15.9 Å². The topological polar surface area (TPSA) is 88.2 Å². The molecule has 0 aliphatic heterocycles. The second-order valence-corrected chi connectivity index (χ2v) is 8.21. The first-order valence-electron chi connectivity index (χ1n) is 7.22. The summed E-state index contributed by atoms with van der Waals surface area (Å²) in [6, 6.07) is 8.64. The van der Waals surface area contributed by atoms with Crippen molar-refractivity contribution >= 4 is 43.2 Å². The summed E-state index contributed by atoms with van der Waals surface area (Å²) in [7, 11) is -3.37. The normalized spacial score (nSPS) is 11.1. The molecule has 0 aliphatic carbocycles. The lowest BCUT2D eigenvalue weighted by molar-refractivity contribution is -0.115. The first-order chi connectivity index (χ1) is 11.3. The van der Waals surface area contributed by atoms with Gasteiger partial charge in [0.25, 0.3) is 0 Å². The molecule has 0 spiro atoms. The molecule has 1 aromatic carbocycles. The van der Waals surface area contributed by atoms with Crippen LogP contribution in [0.1, 0.15) is 12.0 Å². The number of pyridine rings is 1. The quantitative estimate of drug-likeness (QED) is 0.762. The third-order valence-corrected chi connectivity index (χ3v) is 4.90. The van der Waals surface area contributed by atoms with Crippen LogP contribution in [0.5, 0.6) is 0 Å². The number of aryl methyl sites for hydroxylation is 1. The van der Waals surface area contributed by atoms with E-state index in [0.717, 1.165) is 22.0 Å². The van der Waals surface area contributed by atoms with Gasteiger partial charge in [0.1, 0.15) is 10.7 Å². The Balaban J connectivity index is 1.94. The molecule has 6 nitrogen and oxygen atoms in total. The lowest BCUT2D eigenvalue weighted by Gasteiger charge is -2.11. The average molecular weight is 412 g/mol. The fourth-order valence-corrected chi connectivity index (χ4v) is 3.37. The smallest absolute Gasteiger partial charge is 0.226 e. The van der Waals surface area contributed by atoms with Crippen LogP contribution in [0.4, 0.5) is 11.5 Å². The van der Waals surface area contributed by atoms with Gasteiger partial charge in [0.15, 0.2) is 9.84 Å². The largest absolute Gasteiger partial charge is 0.368 e. The molecule has 0 saturated carbocycles.